The largest absolute Gasteiger partial charge is 0.505 e. The predicted octanol–water partition coefficient (Wildman–Crippen LogP) is 3.33. The molecule has 1 amide bonds. The molecule has 2 N–H and O–H groups in total. The topological polar surface area (TPSA) is 58.6 Å². The third-order valence-electron chi connectivity index (χ3n) is 2.43. The third kappa shape index (κ3) is 2.89. The maximum Gasteiger partial charge on any atom is 0.290 e. The zero-order valence-electron chi connectivity index (χ0n) is 9.37. The Balaban J connectivity index is 2.14. The Labute approximate surface area is 114 Å². The monoisotopic (exact) mass is 287 g/mol. The molecule has 0 aliphatic carbocycles. The molecule has 2 rings (SSSR count). The van der Waals surface area contributed by atoms with Crippen LogP contribution in [0.4, 0.5) is 5.69 Å². The molecule has 0 bridgehead atoms. The van der Waals surface area contributed by atoms with Gasteiger partial charge < -0.3 is 15.2 Å². The minimum atomic E-state index is -0.354. The molecule has 96 valence electrons. The fourth-order valence-electron chi connectivity index (χ4n) is 1.55. The van der Waals surface area contributed by atoms with Crippen molar-refractivity contribution in [1.82, 2.24) is 0 Å². The van der Waals surface area contributed by atoms with Crippen LogP contribution in [0.2, 0.25) is 10.0 Å². The lowest BCUT2D eigenvalue weighted by Crippen LogP contribution is -2.18. The van der Waals surface area contributed by atoms with Crippen LogP contribution in [0.3, 0.4) is 0 Å². The summed E-state index contributed by atoms with van der Waals surface area (Å²) in [5, 5.41) is 12.2. The molecule has 0 radical (unpaired) electrons. The van der Waals surface area contributed by atoms with Gasteiger partial charge >= 0.3 is 0 Å². The third-order valence-corrected chi connectivity index (χ3v) is 3.01. The first-order valence-corrected chi connectivity index (χ1v) is 6.16. The first-order chi connectivity index (χ1) is 8.58. The lowest BCUT2D eigenvalue weighted by atomic mass is 10.2. The molecule has 0 saturated heterocycles. The molecule has 6 heteroatoms. The number of nitrogens with one attached hydrogen (secondary N) is 1. The number of benzene rings is 1. The number of hydrogen-bond acceptors (Lipinski definition) is 3. The molecule has 0 spiro atoms. The van der Waals surface area contributed by atoms with Crippen LogP contribution in [0, 0.1) is 0 Å². The molecule has 18 heavy (non-hydrogen) atoms. The SMILES string of the molecule is O=C(Nc1cc(Cl)c(O)c(Cl)c1)C1=CCCCO1. The number of allylic oxidation sites excluding steroid dienone is 1. The highest BCUT2D eigenvalue weighted by molar-refractivity contribution is 6.37. The fourth-order valence-corrected chi connectivity index (χ4v) is 2.03. The van der Waals surface area contributed by atoms with Crippen molar-refractivity contribution in [2.45, 2.75) is 12.8 Å². The van der Waals surface area contributed by atoms with Gasteiger partial charge in [0.1, 0.15) is 0 Å². The molecule has 0 fully saturated rings. The number of phenols is 1. The molecule has 1 aliphatic rings. The lowest BCUT2D eigenvalue weighted by molar-refractivity contribution is -0.116. The molecular formula is C12H11Cl2NO3. The Kier molecular flexibility index (Phi) is 3.99. The van der Waals surface area contributed by atoms with Crippen molar-refractivity contribution >= 4 is 34.8 Å². The minimum Gasteiger partial charge on any atom is -0.505 e. The van der Waals surface area contributed by atoms with E-state index < -0.39 is 0 Å². The zero-order valence-corrected chi connectivity index (χ0v) is 10.9. The van der Waals surface area contributed by atoms with Crippen molar-refractivity contribution in [3.8, 4) is 5.75 Å². The number of anilines is 1. The van der Waals surface area contributed by atoms with E-state index in [-0.39, 0.29) is 21.7 Å². The number of phenolic OH excluding ortho intramolecular Hbond substituents is 1. The second kappa shape index (κ2) is 5.50. The summed E-state index contributed by atoms with van der Waals surface area (Å²) in [6, 6.07) is 2.84. The smallest absolute Gasteiger partial charge is 0.290 e. The van der Waals surface area contributed by atoms with E-state index in [9.17, 15) is 9.90 Å². The van der Waals surface area contributed by atoms with Crippen molar-refractivity contribution in [2.24, 2.45) is 0 Å². The van der Waals surface area contributed by atoms with Crippen LogP contribution >= 0.6 is 23.2 Å². The summed E-state index contributed by atoms with van der Waals surface area (Å²) in [5.74, 6) is -0.265. The number of hydrogen-bond donors (Lipinski definition) is 2. The van der Waals surface area contributed by atoms with Crippen molar-refractivity contribution in [2.75, 3.05) is 11.9 Å². The average Bonchev–Trinajstić information content (AvgIpc) is 2.37. The number of ether oxygens (including phenoxy) is 1. The summed E-state index contributed by atoms with van der Waals surface area (Å²) < 4.78 is 5.23. The van der Waals surface area contributed by atoms with Gasteiger partial charge in [-0.25, -0.2) is 0 Å². The average molecular weight is 288 g/mol. The Morgan fingerprint density at radius 3 is 2.56 bits per heavy atom. The van der Waals surface area contributed by atoms with E-state index in [4.69, 9.17) is 27.9 Å². The number of rotatable bonds is 2. The Morgan fingerprint density at radius 2 is 2.00 bits per heavy atom. The standard InChI is InChI=1S/C12H11Cl2NO3/c13-8-5-7(6-9(14)11(8)16)15-12(17)10-3-1-2-4-18-10/h3,5-6,16H,1-2,4H2,(H,15,17). The van der Waals surface area contributed by atoms with Gasteiger partial charge in [-0.3, -0.25) is 4.79 Å². The van der Waals surface area contributed by atoms with Crippen molar-refractivity contribution in [1.29, 1.82) is 0 Å². The second-order valence-corrected chi connectivity index (χ2v) is 4.62. The molecule has 1 aromatic carbocycles. The minimum absolute atomic E-state index is 0.0799. The van der Waals surface area contributed by atoms with Gasteiger partial charge in [-0.15, -0.1) is 0 Å². The summed E-state index contributed by atoms with van der Waals surface area (Å²) in [7, 11) is 0. The first kappa shape index (κ1) is 13.1. The van der Waals surface area contributed by atoms with E-state index in [1.165, 1.54) is 12.1 Å². The van der Waals surface area contributed by atoms with Crippen LogP contribution in [0.1, 0.15) is 12.8 Å². The first-order valence-electron chi connectivity index (χ1n) is 5.40. The van der Waals surface area contributed by atoms with Crippen LogP contribution in [-0.4, -0.2) is 17.6 Å². The van der Waals surface area contributed by atoms with Crippen LogP contribution < -0.4 is 5.32 Å². The molecule has 0 aromatic heterocycles. The maximum absolute atomic E-state index is 11.8. The van der Waals surface area contributed by atoms with Crippen LogP contribution in [-0.2, 0) is 9.53 Å². The lowest BCUT2D eigenvalue weighted by Gasteiger charge is -2.14. The van der Waals surface area contributed by atoms with Crippen molar-refractivity contribution in [3.63, 3.8) is 0 Å². The molecule has 1 aromatic rings. The van der Waals surface area contributed by atoms with E-state index in [2.05, 4.69) is 5.32 Å². The van der Waals surface area contributed by atoms with Crippen LogP contribution in [0.15, 0.2) is 24.0 Å². The summed E-state index contributed by atoms with van der Waals surface area (Å²) in [4.78, 5) is 11.8. The summed E-state index contributed by atoms with van der Waals surface area (Å²) in [6.45, 7) is 0.538. The van der Waals surface area contributed by atoms with Crippen molar-refractivity contribution in [3.05, 3.63) is 34.0 Å². The normalized spacial score (nSPS) is 14.7. The Morgan fingerprint density at radius 1 is 1.33 bits per heavy atom. The zero-order chi connectivity index (χ0) is 13.1. The summed E-state index contributed by atoms with van der Waals surface area (Å²) in [5.41, 5.74) is 0.405. The number of carbonyl (C=O) groups excluding carboxylic acids is 1. The van der Waals surface area contributed by atoms with Gasteiger partial charge in [0.05, 0.1) is 16.7 Å². The number of amides is 1. The highest BCUT2D eigenvalue weighted by Gasteiger charge is 2.15. The van der Waals surface area contributed by atoms with E-state index in [0.717, 1.165) is 12.8 Å². The van der Waals surface area contributed by atoms with Gasteiger partial charge in [-0.2, -0.15) is 0 Å². The van der Waals surface area contributed by atoms with Crippen LogP contribution in [0.5, 0.6) is 5.75 Å². The predicted molar refractivity (Wildman–Crippen MR) is 70.0 cm³/mol. The number of halogens is 2. The van der Waals surface area contributed by atoms with Gasteiger partial charge in [0.15, 0.2) is 11.5 Å². The van der Waals surface area contributed by atoms with E-state index >= 15 is 0 Å². The molecule has 0 atom stereocenters. The highest BCUT2D eigenvalue weighted by atomic mass is 35.5. The fraction of sp³-hybridized carbons (Fsp3) is 0.250. The Bertz CT molecular complexity index is 491. The molecule has 0 unspecified atom stereocenters. The van der Waals surface area contributed by atoms with Crippen molar-refractivity contribution < 1.29 is 14.6 Å². The van der Waals surface area contributed by atoms with Gasteiger partial charge in [0, 0.05) is 5.69 Å². The molecule has 0 saturated carbocycles. The highest BCUT2D eigenvalue weighted by Crippen LogP contribution is 2.34. The molecule has 1 aliphatic heterocycles. The maximum atomic E-state index is 11.8. The van der Waals surface area contributed by atoms with E-state index in [0.29, 0.717) is 18.1 Å². The molecule has 1 heterocycles. The Hall–Kier alpha value is -1.39. The summed E-state index contributed by atoms with van der Waals surface area (Å²) in [6.07, 6.45) is 3.47. The van der Waals surface area contributed by atoms with E-state index in [1.54, 1.807) is 6.08 Å². The molecular weight excluding hydrogens is 277 g/mol. The van der Waals surface area contributed by atoms with Gasteiger partial charge in [0.2, 0.25) is 0 Å². The number of carbonyl (C=O) groups is 1. The van der Waals surface area contributed by atoms with Gasteiger partial charge in [-0.1, -0.05) is 23.2 Å². The number of aromatic hydroxyl groups is 1. The van der Waals surface area contributed by atoms with Crippen LogP contribution in [0.25, 0.3) is 0 Å². The summed E-state index contributed by atoms with van der Waals surface area (Å²) >= 11 is 11.5. The quantitative estimate of drug-likeness (QED) is 0.821. The van der Waals surface area contributed by atoms with E-state index in [1.807, 2.05) is 0 Å². The second-order valence-electron chi connectivity index (χ2n) is 3.80. The van der Waals surface area contributed by atoms with Gasteiger partial charge in [0.25, 0.3) is 5.91 Å². The molecule has 4 nitrogen and oxygen atoms in total. The van der Waals surface area contributed by atoms with Gasteiger partial charge in [-0.05, 0) is 31.1 Å².